The molecule has 0 aromatic heterocycles. The van der Waals surface area contributed by atoms with Gasteiger partial charge in [0.15, 0.2) is 0 Å². The Bertz CT molecular complexity index is 386. The van der Waals surface area contributed by atoms with Crippen LogP contribution in [0.5, 0.6) is 0 Å². The van der Waals surface area contributed by atoms with Gasteiger partial charge in [0.1, 0.15) is 5.82 Å². The zero-order valence-electron chi connectivity index (χ0n) is 9.83. The predicted molar refractivity (Wildman–Crippen MR) is 61.2 cm³/mol. The van der Waals surface area contributed by atoms with Crippen molar-refractivity contribution < 1.29 is 14.3 Å². The summed E-state index contributed by atoms with van der Waals surface area (Å²) in [4.78, 5) is 10.6. The molecule has 0 saturated heterocycles. The van der Waals surface area contributed by atoms with E-state index in [4.69, 9.17) is 5.11 Å². The molecule has 88 valence electrons. The molecule has 3 heteroatoms. The van der Waals surface area contributed by atoms with Crippen LogP contribution in [0.1, 0.15) is 50.2 Å². The first kappa shape index (κ1) is 12.7. The summed E-state index contributed by atoms with van der Waals surface area (Å²) >= 11 is 0. The van der Waals surface area contributed by atoms with Crippen LogP contribution in [0.3, 0.4) is 0 Å². The SMILES string of the molecule is CC(C)c1cc(F)cc(C(C)CC(=O)O)c1. The van der Waals surface area contributed by atoms with Crippen LogP contribution in [0.2, 0.25) is 0 Å². The molecular formula is C13H17FO2. The highest BCUT2D eigenvalue weighted by atomic mass is 19.1. The Hall–Kier alpha value is -1.38. The van der Waals surface area contributed by atoms with Crippen molar-refractivity contribution >= 4 is 5.97 Å². The maximum Gasteiger partial charge on any atom is 0.303 e. The number of carbonyl (C=O) groups is 1. The molecule has 0 bridgehead atoms. The van der Waals surface area contributed by atoms with Crippen LogP contribution >= 0.6 is 0 Å². The number of carboxylic acid groups (broad SMARTS) is 1. The minimum Gasteiger partial charge on any atom is -0.481 e. The average molecular weight is 224 g/mol. The molecule has 1 aromatic carbocycles. The molecule has 0 fully saturated rings. The van der Waals surface area contributed by atoms with E-state index in [1.54, 1.807) is 6.92 Å². The average Bonchev–Trinajstić information content (AvgIpc) is 2.15. The van der Waals surface area contributed by atoms with Gasteiger partial charge in [-0.25, -0.2) is 4.39 Å². The second-order valence-corrected chi connectivity index (χ2v) is 4.47. The van der Waals surface area contributed by atoms with Crippen LogP contribution < -0.4 is 0 Å². The van der Waals surface area contributed by atoms with Gasteiger partial charge in [-0.3, -0.25) is 4.79 Å². The maximum absolute atomic E-state index is 13.3. The summed E-state index contributed by atoms with van der Waals surface area (Å²) in [7, 11) is 0. The van der Waals surface area contributed by atoms with Gasteiger partial charge in [0.2, 0.25) is 0 Å². The summed E-state index contributed by atoms with van der Waals surface area (Å²) < 4.78 is 13.3. The molecule has 1 aromatic rings. The number of benzene rings is 1. The summed E-state index contributed by atoms with van der Waals surface area (Å²) in [6, 6.07) is 4.81. The van der Waals surface area contributed by atoms with Crippen molar-refractivity contribution in [2.45, 2.75) is 39.0 Å². The van der Waals surface area contributed by atoms with E-state index < -0.39 is 5.97 Å². The summed E-state index contributed by atoms with van der Waals surface area (Å²) in [5.74, 6) is -1.07. The summed E-state index contributed by atoms with van der Waals surface area (Å²) in [6.45, 7) is 5.77. The van der Waals surface area contributed by atoms with E-state index in [0.717, 1.165) is 11.1 Å². The third-order valence-corrected chi connectivity index (χ3v) is 2.66. The van der Waals surface area contributed by atoms with E-state index in [0.29, 0.717) is 0 Å². The third-order valence-electron chi connectivity index (χ3n) is 2.66. The molecule has 0 aliphatic carbocycles. The van der Waals surface area contributed by atoms with Gasteiger partial charge in [-0.2, -0.15) is 0 Å². The maximum atomic E-state index is 13.3. The molecular weight excluding hydrogens is 207 g/mol. The van der Waals surface area contributed by atoms with E-state index in [-0.39, 0.29) is 24.1 Å². The number of aliphatic carboxylic acids is 1. The highest BCUT2D eigenvalue weighted by Gasteiger charge is 2.13. The van der Waals surface area contributed by atoms with Crippen LogP contribution in [0.15, 0.2) is 18.2 Å². The van der Waals surface area contributed by atoms with Gasteiger partial charge < -0.3 is 5.11 Å². The Kier molecular flexibility index (Phi) is 4.05. The smallest absolute Gasteiger partial charge is 0.303 e. The monoisotopic (exact) mass is 224 g/mol. The second kappa shape index (κ2) is 5.10. The van der Waals surface area contributed by atoms with Crippen LogP contribution in [0, 0.1) is 5.82 Å². The van der Waals surface area contributed by atoms with E-state index in [1.165, 1.54) is 12.1 Å². The fraction of sp³-hybridized carbons (Fsp3) is 0.462. The highest BCUT2D eigenvalue weighted by Crippen LogP contribution is 2.24. The fourth-order valence-electron chi connectivity index (χ4n) is 1.63. The second-order valence-electron chi connectivity index (χ2n) is 4.47. The lowest BCUT2D eigenvalue weighted by atomic mass is 9.93. The lowest BCUT2D eigenvalue weighted by Gasteiger charge is -2.13. The standard InChI is InChI=1S/C13H17FO2/c1-8(2)10-5-11(7-12(14)6-10)9(3)4-13(15)16/h5-9H,4H2,1-3H3,(H,15,16). The van der Waals surface area contributed by atoms with Gasteiger partial charge in [0.05, 0.1) is 6.42 Å². The molecule has 1 atom stereocenters. The Morgan fingerprint density at radius 3 is 2.31 bits per heavy atom. The molecule has 0 saturated carbocycles. The summed E-state index contributed by atoms with van der Waals surface area (Å²) in [5.41, 5.74) is 1.67. The Balaban J connectivity index is 2.99. The molecule has 0 heterocycles. The van der Waals surface area contributed by atoms with E-state index in [2.05, 4.69) is 0 Å². The van der Waals surface area contributed by atoms with Crippen molar-refractivity contribution in [3.8, 4) is 0 Å². The van der Waals surface area contributed by atoms with Crippen molar-refractivity contribution in [3.63, 3.8) is 0 Å². The Labute approximate surface area is 95.1 Å². The predicted octanol–water partition coefficient (Wildman–Crippen LogP) is 3.53. The van der Waals surface area contributed by atoms with Crippen molar-refractivity contribution in [2.24, 2.45) is 0 Å². The van der Waals surface area contributed by atoms with Gasteiger partial charge in [-0.15, -0.1) is 0 Å². The zero-order valence-corrected chi connectivity index (χ0v) is 9.83. The van der Waals surface area contributed by atoms with Gasteiger partial charge in [0.25, 0.3) is 0 Å². The topological polar surface area (TPSA) is 37.3 Å². The van der Waals surface area contributed by atoms with Crippen LogP contribution in [0.4, 0.5) is 4.39 Å². The van der Waals surface area contributed by atoms with Crippen LogP contribution in [0.25, 0.3) is 0 Å². The number of halogens is 1. The van der Waals surface area contributed by atoms with Gasteiger partial charge in [0, 0.05) is 0 Å². The van der Waals surface area contributed by atoms with Gasteiger partial charge in [-0.1, -0.05) is 26.8 Å². The zero-order chi connectivity index (χ0) is 12.3. The molecule has 0 spiro atoms. The fourth-order valence-corrected chi connectivity index (χ4v) is 1.63. The van der Waals surface area contributed by atoms with Gasteiger partial charge in [-0.05, 0) is 35.1 Å². The normalized spacial score (nSPS) is 12.8. The molecule has 0 radical (unpaired) electrons. The van der Waals surface area contributed by atoms with Crippen molar-refractivity contribution in [1.82, 2.24) is 0 Å². The molecule has 0 aliphatic heterocycles. The quantitative estimate of drug-likeness (QED) is 0.849. The molecule has 0 amide bonds. The van der Waals surface area contributed by atoms with Crippen LogP contribution in [-0.4, -0.2) is 11.1 Å². The highest BCUT2D eigenvalue weighted by molar-refractivity contribution is 5.68. The van der Waals surface area contributed by atoms with Crippen molar-refractivity contribution in [2.75, 3.05) is 0 Å². The summed E-state index contributed by atoms with van der Waals surface area (Å²) in [5, 5.41) is 8.70. The minimum absolute atomic E-state index is 0.0288. The molecule has 1 N–H and O–H groups in total. The number of hydrogen-bond donors (Lipinski definition) is 1. The first-order valence-electron chi connectivity index (χ1n) is 5.42. The van der Waals surface area contributed by atoms with Gasteiger partial charge >= 0.3 is 5.97 Å². The number of hydrogen-bond acceptors (Lipinski definition) is 1. The lowest BCUT2D eigenvalue weighted by Crippen LogP contribution is -2.04. The van der Waals surface area contributed by atoms with E-state index in [9.17, 15) is 9.18 Å². The first-order valence-corrected chi connectivity index (χ1v) is 5.42. The Morgan fingerprint density at radius 1 is 1.25 bits per heavy atom. The molecule has 16 heavy (non-hydrogen) atoms. The van der Waals surface area contributed by atoms with Crippen molar-refractivity contribution in [1.29, 1.82) is 0 Å². The first-order chi connectivity index (χ1) is 7.40. The number of carboxylic acids is 1. The lowest BCUT2D eigenvalue weighted by molar-refractivity contribution is -0.137. The molecule has 0 aliphatic rings. The minimum atomic E-state index is -0.858. The molecule has 1 rings (SSSR count). The van der Waals surface area contributed by atoms with Crippen LogP contribution in [-0.2, 0) is 4.79 Å². The van der Waals surface area contributed by atoms with E-state index >= 15 is 0 Å². The van der Waals surface area contributed by atoms with E-state index in [1.807, 2.05) is 19.9 Å². The molecule has 1 unspecified atom stereocenters. The van der Waals surface area contributed by atoms with Crippen molar-refractivity contribution in [3.05, 3.63) is 35.1 Å². The number of rotatable bonds is 4. The summed E-state index contributed by atoms with van der Waals surface area (Å²) in [6.07, 6.45) is 0.0288. The molecule has 2 nitrogen and oxygen atoms in total. The third kappa shape index (κ3) is 3.33. The Morgan fingerprint density at radius 2 is 1.81 bits per heavy atom. The largest absolute Gasteiger partial charge is 0.481 e.